The zero-order valence-electron chi connectivity index (χ0n) is 12.8. The Labute approximate surface area is 127 Å². The van der Waals surface area contributed by atoms with Gasteiger partial charge in [0.2, 0.25) is 0 Å². The largest absolute Gasteiger partial charge is 0.465 e. The third kappa shape index (κ3) is 3.48. The van der Waals surface area contributed by atoms with Crippen molar-refractivity contribution in [1.29, 1.82) is 0 Å². The topological polar surface area (TPSA) is 28.4 Å². The molecule has 0 radical (unpaired) electrons. The molecule has 3 heteroatoms. The third-order valence-electron chi connectivity index (χ3n) is 4.13. The van der Waals surface area contributed by atoms with Crippen LogP contribution in [0.3, 0.4) is 0 Å². The maximum Gasteiger partial charge on any atom is 0.117 e. The monoisotopic (exact) mass is 284 g/mol. The lowest BCUT2D eigenvalue weighted by atomic mass is 10.2. The quantitative estimate of drug-likeness (QED) is 0.790. The zero-order valence-corrected chi connectivity index (χ0v) is 12.8. The summed E-state index contributed by atoms with van der Waals surface area (Å²) in [7, 11) is 0. The number of para-hydroxylation sites is 1. The SMILES string of the molecule is CCc1ccc(CNCCCN2CCc3ccccc32)o1. The average Bonchev–Trinajstić information content (AvgIpc) is 3.14. The molecule has 3 nitrogen and oxygen atoms in total. The number of hydrogen-bond acceptors (Lipinski definition) is 3. The van der Waals surface area contributed by atoms with E-state index in [0.717, 1.165) is 50.5 Å². The van der Waals surface area contributed by atoms with Gasteiger partial charge in [0, 0.05) is 25.2 Å². The van der Waals surface area contributed by atoms with Gasteiger partial charge in [0.05, 0.1) is 6.54 Å². The molecule has 1 N–H and O–H groups in total. The van der Waals surface area contributed by atoms with Crippen LogP contribution in [0.15, 0.2) is 40.8 Å². The number of aryl methyl sites for hydroxylation is 1. The van der Waals surface area contributed by atoms with E-state index >= 15 is 0 Å². The minimum Gasteiger partial charge on any atom is -0.465 e. The fraction of sp³-hybridized carbons (Fsp3) is 0.444. The molecule has 1 aromatic heterocycles. The molecule has 0 bridgehead atoms. The highest BCUT2D eigenvalue weighted by Crippen LogP contribution is 2.27. The lowest BCUT2D eigenvalue weighted by molar-refractivity contribution is 0.449. The summed E-state index contributed by atoms with van der Waals surface area (Å²) in [5, 5.41) is 3.47. The number of benzene rings is 1. The van der Waals surface area contributed by atoms with Crippen LogP contribution < -0.4 is 10.2 Å². The summed E-state index contributed by atoms with van der Waals surface area (Å²) in [5.41, 5.74) is 2.92. The Morgan fingerprint density at radius 2 is 2.00 bits per heavy atom. The van der Waals surface area contributed by atoms with Gasteiger partial charge in [-0.05, 0) is 43.1 Å². The van der Waals surface area contributed by atoms with E-state index in [0.29, 0.717) is 0 Å². The Kier molecular flexibility index (Phi) is 4.61. The van der Waals surface area contributed by atoms with Crippen LogP contribution in [-0.4, -0.2) is 19.6 Å². The fourth-order valence-corrected chi connectivity index (χ4v) is 2.95. The summed E-state index contributed by atoms with van der Waals surface area (Å²) < 4.78 is 5.69. The van der Waals surface area contributed by atoms with Gasteiger partial charge >= 0.3 is 0 Å². The van der Waals surface area contributed by atoms with E-state index in [1.807, 2.05) is 0 Å². The molecule has 1 aromatic carbocycles. The van der Waals surface area contributed by atoms with Gasteiger partial charge in [0.15, 0.2) is 0 Å². The normalized spacial score (nSPS) is 13.7. The summed E-state index contributed by atoms with van der Waals surface area (Å²) >= 11 is 0. The smallest absolute Gasteiger partial charge is 0.117 e. The molecule has 112 valence electrons. The molecule has 1 aliphatic heterocycles. The highest BCUT2D eigenvalue weighted by atomic mass is 16.3. The van der Waals surface area contributed by atoms with E-state index in [2.05, 4.69) is 53.5 Å². The Hall–Kier alpha value is -1.74. The molecule has 0 spiro atoms. The predicted molar refractivity (Wildman–Crippen MR) is 86.8 cm³/mol. The maximum absolute atomic E-state index is 5.69. The second kappa shape index (κ2) is 6.81. The van der Waals surface area contributed by atoms with E-state index in [1.54, 1.807) is 0 Å². The first-order valence-corrected chi connectivity index (χ1v) is 7.98. The first kappa shape index (κ1) is 14.2. The Morgan fingerprint density at radius 1 is 1.14 bits per heavy atom. The van der Waals surface area contributed by atoms with Crippen molar-refractivity contribution in [2.45, 2.75) is 32.7 Å². The summed E-state index contributed by atoms with van der Waals surface area (Å²) in [6, 6.07) is 12.9. The van der Waals surface area contributed by atoms with Crippen molar-refractivity contribution in [3.8, 4) is 0 Å². The zero-order chi connectivity index (χ0) is 14.5. The standard InChI is InChI=1S/C18H24N2O/c1-2-16-8-9-17(21-16)14-19-11-5-12-20-13-10-15-6-3-4-7-18(15)20/h3-4,6-9,19H,2,5,10-14H2,1H3. The van der Waals surface area contributed by atoms with Crippen molar-refractivity contribution in [3.63, 3.8) is 0 Å². The summed E-state index contributed by atoms with van der Waals surface area (Å²) in [6.07, 6.45) is 3.32. The third-order valence-corrected chi connectivity index (χ3v) is 4.13. The van der Waals surface area contributed by atoms with Gasteiger partial charge in [0.1, 0.15) is 11.5 Å². The lowest BCUT2D eigenvalue weighted by Crippen LogP contribution is -2.25. The van der Waals surface area contributed by atoms with Gasteiger partial charge in [-0.3, -0.25) is 0 Å². The summed E-state index contributed by atoms with van der Waals surface area (Å²) in [6.45, 7) is 6.26. The number of furan rings is 1. The van der Waals surface area contributed by atoms with Crippen molar-refractivity contribution in [1.82, 2.24) is 5.32 Å². The molecule has 0 saturated heterocycles. The predicted octanol–water partition coefficient (Wildman–Crippen LogP) is 3.38. The van der Waals surface area contributed by atoms with Crippen LogP contribution in [0.4, 0.5) is 5.69 Å². The highest BCUT2D eigenvalue weighted by molar-refractivity contribution is 5.57. The van der Waals surface area contributed by atoms with Crippen LogP contribution in [0.1, 0.15) is 30.4 Å². The highest BCUT2D eigenvalue weighted by Gasteiger charge is 2.17. The van der Waals surface area contributed by atoms with E-state index < -0.39 is 0 Å². The Bertz CT molecular complexity index is 576. The first-order valence-electron chi connectivity index (χ1n) is 7.98. The second-order valence-corrected chi connectivity index (χ2v) is 5.62. The molecular formula is C18H24N2O. The Balaban J connectivity index is 1.37. The molecule has 0 atom stereocenters. The molecule has 21 heavy (non-hydrogen) atoms. The molecule has 1 aliphatic rings. The van der Waals surface area contributed by atoms with E-state index in [-0.39, 0.29) is 0 Å². The summed E-state index contributed by atoms with van der Waals surface area (Å²) in [4.78, 5) is 2.50. The van der Waals surface area contributed by atoms with Crippen LogP contribution in [0.5, 0.6) is 0 Å². The number of rotatable bonds is 7. The van der Waals surface area contributed by atoms with Crippen molar-refractivity contribution in [3.05, 3.63) is 53.5 Å². The van der Waals surface area contributed by atoms with Crippen LogP contribution in [0.25, 0.3) is 0 Å². The molecule has 0 fully saturated rings. The molecule has 3 rings (SSSR count). The van der Waals surface area contributed by atoms with Gasteiger partial charge in [-0.25, -0.2) is 0 Å². The minimum atomic E-state index is 0.830. The van der Waals surface area contributed by atoms with Crippen LogP contribution in [-0.2, 0) is 19.4 Å². The Morgan fingerprint density at radius 3 is 2.86 bits per heavy atom. The van der Waals surface area contributed by atoms with Crippen molar-refractivity contribution in [2.24, 2.45) is 0 Å². The molecular weight excluding hydrogens is 260 g/mol. The van der Waals surface area contributed by atoms with E-state index in [4.69, 9.17) is 4.42 Å². The van der Waals surface area contributed by atoms with Crippen molar-refractivity contribution >= 4 is 5.69 Å². The van der Waals surface area contributed by atoms with Gasteiger partial charge in [-0.2, -0.15) is 0 Å². The maximum atomic E-state index is 5.69. The molecule has 2 aromatic rings. The lowest BCUT2D eigenvalue weighted by Gasteiger charge is -2.19. The molecule has 0 saturated carbocycles. The first-order chi connectivity index (χ1) is 10.4. The van der Waals surface area contributed by atoms with E-state index in [1.165, 1.54) is 17.7 Å². The number of fused-ring (bicyclic) bond motifs is 1. The van der Waals surface area contributed by atoms with Crippen LogP contribution >= 0.6 is 0 Å². The van der Waals surface area contributed by atoms with Gasteiger partial charge in [-0.1, -0.05) is 25.1 Å². The van der Waals surface area contributed by atoms with Crippen LogP contribution in [0.2, 0.25) is 0 Å². The molecule has 0 aliphatic carbocycles. The number of nitrogens with one attached hydrogen (secondary N) is 1. The molecule has 0 unspecified atom stereocenters. The van der Waals surface area contributed by atoms with Gasteiger partial charge in [-0.15, -0.1) is 0 Å². The number of anilines is 1. The van der Waals surface area contributed by atoms with Gasteiger partial charge < -0.3 is 14.6 Å². The number of hydrogen-bond donors (Lipinski definition) is 1. The minimum absolute atomic E-state index is 0.830. The molecule has 0 amide bonds. The van der Waals surface area contributed by atoms with Crippen molar-refractivity contribution in [2.75, 3.05) is 24.5 Å². The van der Waals surface area contributed by atoms with Crippen molar-refractivity contribution < 1.29 is 4.42 Å². The van der Waals surface area contributed by atoms with Crippen LogP contribution in [0, 0.1) is 0 Å². The van der Waals surface area contributed by atoms with Gasteiger partial charge in [0.25, 0.3) is 0 Å². The average molecular weight is 284 g/mol. The van der Waals surface area contributed by atoms with E-state index in [9.17, 15) is 0 Å². The fourth-order valence-electron chi connectivity index (χ4n) is 2.95. The second-order valence-electron chi connectivity index (χ2n) is 5.62. The molecule has 2 heterocycles. The number of nitrogens with zero attached hydrogens (tertiary/aromatic N) is 1. The summed E-state index contributed by atoms with van der Waals surface area (Å²) in [5.74, 6) is 2.11.